The first-order chi connectivity index (χ1) is 15.2. The van der Waals surface area contributed by atoms with E-state index in [0.29, 0.717) is 26.1 Å². The summed E-state index contributed by atoms with van der Waals surface area (Å²) in [5.41, 5.74) is 4.44. The van der Waals surface area contributed by atoms with Crippen molar-refractivity contribution < 1.29 is 4.79 Å². The third-order valence-corrected chi connectivity index (χ3v) is 7.64. The summed E-state index contributed by atoms with van der Waals surface area (Å²) in [6.45, 7) is 7.99. The summed E-state index contributed by atoms with van der Waals surface area (Å²) in [6, 6.07) is 12.9. The Kier molecular flexibility index (Phi) is 6.42. The molecular formula is C24H22ClN3O2S2. The van der Waals surface area contributed by atoms with Gasteiger partial charge in [0.15, 0.2) is 5.16 Å². The van der Waals surface area contributed by atoms with Crippen LogP contribution in [0.15, 0.2) is 52.4 Å². The van der Waals surface area contributed by atoms with E-state index >= 15 is 0 Å². The second-order valence-electron chi connectivity index (χ2n) is 7.61. The maximum absolute atomic E-state index is 13.6. The largest absolute Gasteiger partial charge is 0.325 e. The minimum Gasteiger partial charge on any atom is -0.325 e. The third-order valence-electron chi connectivity index (χ3n) is 5.36. The minimum absolute atomic E-state index is 0.110. The molecule has 0 saturated carbocycles. The van der Waals surface area contributed by atoms with E-state index in [0.717, 1.165) is 27.3 Å². The zero-order valence-corrected chi connectivity index (χ0v) is 20.5. The molecule has 8 heteroatoms. The van der Waals surface area contributed by atoms with Gasteiger partial charge in [0.25, 0.3) is 5.56 Å². The first-order valence-corrected chi connectivity index (χ1v) is 12.2. The molecule has 0 atom stereocenters. The number of fused-ring (bicyclic) bond motifs is 1. The number of nitrogens with one attached hydrogen (secondary N) is 1. The fraction of sp³-hybridized carbons (Fsp3) is 0.208. The van der Waals surface area contributed by atoms with E-state index in [1.54, 1.807) is 28.8 Å². The number of carbonyl (C=O) groups is 1. The summed E-state index contributed by atoms with van der Waals surface area (Å²) in [7, 11) is 0. The monoisotopic (exact) mass is 483 g/mol. The van der Waals surface area contributed by atoms with E-state index < -0.39 is 0 Å². The lowest BCUT2D eigenvalue weighted by Crippen LogP contribution is -2.23. The molecule has 4 rings (SSSR count). The molecule has 0 radical (unpaired) electrons. The normalized spacial score (nSPS) is 11.2. The van der Waals surface area contributed by atoms with E-state index in [1.807, 2.05) is 45.9 Å². The van der Waals surface area contributed by atoms with Gasteiger partial charge in [0, 0.05) is 15.6 Å². The molecule has 0 spiro atoms. The van der Waals surface area contributed by atoms with Crippen molar-refractivity contribution in [3.05, 3.63) is 79.4 Å². The van der Waals surface area contributed by atoms with Crippen LogP contribution >= 0.6 is 34.7 Å². The Balaban J connectivity index is 1.73. The van der Waals surface area contributed by atoms with Gasteiger partial charge in [-0.2, -0.15) is 0 Å². The Hall–Kier alpha value is -2.61. The Labute approximate surface area is 199 Å². The lowest BCUT2D eigenvalue weighted by Gasteiger charge is -2.14. The first-order valence-electron chi connectivity index (χ1n) is 10.0. The molecule has 0 unspecified atom stereocenters. The van der Waals surface area contributed by atoms with Gasteiger partial charge in [-0.05, 0) is 74.7 Å². The van der Waals surface area contributed by atoms with Crippen molar-refractivity contribution in [2.24, 2.45) is 0 Å². The van der Waals surface area contributed by atoms with Gasteiger partial charge in [0.2, 0.25) is 5.91 Å². The number of anilines is 1. The average Bonchev–Trinajstić information content (AvgIpc) is 3.02. The van der Waals surface area contributed by atoms with Crippen molar-refractivity contribution in [2.45, 2.75) is 32.9 Å². The summed E-state index contributed by atoms with van der Waals surface area (Å²) in [5, 5.41) is 4.52. The van der Waals surface area contributed by atoms with Crippen LogP contribution in [0.25, 0.3) is 15.9 Å². The summed E-state index contributed by atoms with van der Waals surface area (Å²) < 4.78 is 1.62. The SMILES string of the molecule is Cc1ccc(-n2c(SCC(=O)Nc3cccc(Cl)c3)nc3sc(C)c(C)c3c2=O)cc1C. The summed E-state index contributed by atoms with van der Waals surface area (Å²) in [4.78, 5) is 32.7. The number of halogens is 1. The van der Waals surface area contributed by atoms with Gasteiger partial charge < -0.3 is 5.32 Å². The molecule has 32 heavy (non-hydrogen) atoms. The lowest BCUT2D eigenvalue weighted by atomic mass is 10.1. The standard InChI is InChI=1S/C24H22ClN3O2S2/c1-13-8-9-19(10-14(13)2)28-23(30)21-15(3)16(4)32-22(21)27-24(28)31-12-20(29)26-18-7-5-6-17(25)11-18/h5-11H,12H2,1-4H3,(H,26,29). The van der Waals surface area contributed by atoms with Gasteiger partial charge in [0.1, 0.15) is 4.83 Å². The highest BCUT2D eigenvalue weighted by Gasteiger charge is 2.19. The first kappa shape index (κ1) is 22.6. The molecule has 2 aromatic heterocycles. The second-order valence-corrected chi connectivity index (χ2v) is 10.2. The quantitative estimate of drug-likeness (QED) is 0.276. The number of hydrogen-bond donors (Lipinski definition) is 1. The Bertz CT molecular complexity index is 1410. The summed E-state index contributed by atoms with van der Waals surface area (Å²) in [5.74, 6) is -0.0877. The third kappa shape index (κ3) is 4.46. The van der Waals surface area contributed by atoms with Gasteiger partial charge in [-0.25, -0.2) is 4.98 Å². The number of thiophene rings is 1. The summed E-state index contributed by atoms with van der Waals surface area (Å²) in [6.07, 6.45) is 0. The maximum Gasteiger partial charge on any atom is 0.267 e. The molecule has 164 valence electrons. The highest BCUT2D eigenvalue weighted by molar-refractivity contribution is 7.99. The fourth-order valence-electron chi connectivity index (χ4n) is 3.36. The van der Waals surface area contributed by atoms with E-state index in [-0.39, 0.29) is 17.2 Å². The fourth-order valence-corrected chi connectivity index (χ4v) is 5.43. The van der Waals surface area contributed by atoms with Gasteiger partial charge in [-0.1, -0.05) is 35.5 Å². The zero-order valence-electron chi connectivity index (χ0n) is 18.2. The van der Waals surface area contributed by atoms with Crippen LogP contribution in [0.4, 0.5) is 5.69 Å². The van der Waals surface area contributed by atoms with Crippen LogP contribution < -0.4 is 10.9 Å². The average molecular weight is 484 g/mol. The van der Waals surface area contributed by atoms with Crippen molar-refractivity contribution in [1.82, 2.24) is 9.55 Å². The van der Waals surface area contributed by atoms with Crippen LogP contribution in [-0.4, -0.2) is 21.2 Å². The molecule has 2 aromatic carbocycles. The van der Waals surface area contributed by atoms with Crippen molar-refractivity contribution in [3.63, 3.8) is 0 Å². The molecule has 1 amide bonds. The number of hydrogen-bond acceptors (Lipinski definition) is 5. The maximum atomic E-state index is 13.6. The zero-order chi connectivity index (χ0) is 23.0. The second kappa shape index (κ2) is 9.10. The predicted octanol–water partition coefficient (Wildman–Crippen LogP) is 6.07. The molecule has 0 saturated heterocycles. The number of benzene rings is 2. The van der Waals surface area contributed by atoms with Crippen molar-refractivity contribution in [2.75, 3.05) is 11.1 Å². The number of amides is 1. The van der Waals surface area contributed by atoms with E-state index in [4.69, 9.17) is 16.6 Å². The van der Waals surface area contributed by atoms with E-state index in [2.05, 4.69) is 5.32 Å². The van der Waals surface area contributed by atoms with Crippen molar-refractivity contribution in [1.29, 1.82) is 0 Å². The molecule has 2 heterocycles. The van der Waals surface area contributed by atoms with Gasteiger partial charge in [-0.3, -0.25) is 14.2 Å². The highest BCUT2D eigenvalue weighted by atomic mass is 35.5. The Morgan fingerprint density at radius 1 is 1.12 bits per heavy atom. The van der Waals surface area contributed by atoms with Crippen molar-refractivity contribution in [3.8, 4) is 5.69 Å². The van der Waals surface area contributed by atoms with Crippen LogP contribution in [0, 0.1) is 27.7 Å². The number of aryl methyl sites for hydroxylation is 4. The number of rotatable bonds is 5. The number of aromatic nitrogens is 2. The van der Waals surface area contributed by atoms with Crippen LogP contribution in [0.1, 0.15) is 21.6 Å². The molecule has 0 aliphatic rings. The van der Waals surface area contributed by atoms with Gasteiger partial charge in [-0.15, -0.1) is 11.3 Å². The van der Waals surface area contributed by atoms with Crippen LogP contribution in [-0.2, 0) is 4.79 Å². The van der Waals surface area contributed by atoms with Crippen molar-refractivity contribution >= 4 is 56.5 Å². The number of thioether (sulfide) groups is 1. The Morgan fingerprint density at radius 3 is 2.62 bits per heavy atom. The molecule has 5 nitrogen and oxygen atoms in total. The molecule has 0 bridgehead atoms. The number of nitrogens with zero attached hydrogens (tertiary/aromatic N) is 2. The Morgan fingerprint density at radius 2 is 1.91 bits per heavy atom. The minimum atomic E-state index is -0.197. The lowest BCUT2D eigenvalue weighted by molar-refractivity contribution is -0.113. The molecule has 0 aliphatic heterocycles. The summed E-state index contributed by atoms with van der Waals surface area (Å²) >= 11 is 8.74. The topological polar surface area (TPSA) is 64.0 Å². The van der Waals surface area contributed by atoms with Gasteiger partial charge >= 0.3 is 0 Å². The molecular weight excluding hydrogens is 462 g/mol. The van der Waals surface area contributed by atoms with Crippen LogP contribution in [0.3, 0.4) is 0 Å². The predicted molar refractivity (Wildman–Crippen MR) is 135 cm³/mol. The molecule has 0 aliphatic carbocycles. The van der Waals surface area contributed by atoms with Gasteiger partial charge in [0.05, 0.1) is 16.8 Å². The van der Waals surface area contributed by atoms with E-state index in [9.17, 15) is 9.59 Å². The molecule has 0 fully saturated rings. The smallest absolute Gasteiger partial charge is 0.267 e. The van der Waals surface area contributed by atoms with E-state index in [1.165, 1.54) is 23.1 Å². The molecule has 1 N–H and O–H groups in total. The molecule has 4 aromatic rings. The van der Waals surface area contributed by atoms with Crippen LogP contribution in [0.2, 0.25) is 5.02 Å². The highest BCUT2D eigenvalue weighted by Crippen LogP contribution is 2.30. The van der Waals surface area contributed by atoms with Crippen LogP contribution in [0.5, 0.6) is 0 Å². The number of carbonyl (C=O) groups excluding carboxylic acids is 1.